The number of benzene rings is 1. The van der Waals surface area contributed by atoms with Gasteiger partial charge < -0.3 is 10.5 Å². The van der Waals surface area contributed by atoms with Gasteiger partial charge in [0.15, 0.2) is 11.6 Å². The lowest BCUT2D eigenvalue weighted by Gasteiger charge is -1.95. The average molecular weight is 202 g/mol. The molecule has 15 heavy (non-hydrogen) atoms. The molecule has 1 aromatic carbocycles. The molecule has 0 bridgehead atoms. The lowest BCUT2D eigenvalue weighted by atomic mass is 10.2. The third-order valence-electron chi connectivity index (χ3n) is 1.97. The molecule has 1 aliphatic heterocycles. The van der Waals surface area contributed by atoms with Crippen molar-refractivity contribution < 1.29 is 9.53 Å². The predicted molar refractivity (Wildman–Crippen MR) is 58.0 cm³/mol. The van der Waals surface area contributed by atoms with Gasteiger partial charge in [-0.05, 0) is 23.8 Å². The first-order chi connectivity index (χ1) is 7.15. The molecular formula is C11H10N2O2. The van der Waals surface area contributed by atoms with Crippen molar-refractivity contribution in [1.82, 2.24) is 0 Å². The van der Waals surface area contributed by atoms with Crippen LogP contribution >= 0.6 is 0 Å². The average Bonchev–Trinajstić information content (AvgIpc) is 2.49. The molecule has 0 aliphatic carbocycles. The number of hydrogen-bond donors (Lipinski definition) is 1. The van der Waals surface area contributed by atoms with Crippen LogP contribution in [0.1, 0.15) is 12.5 Å². The summed E-state index contributed by atoms with van der Waals surface area (Å²) in [5, 5.41) is 0. The molecule has 0 amide bonds. The topological polar surface area (TPSA) is 64.7 Å². The zero-order valence-electron chi connectivity index (χ0n) is 8.23. The van der Waals surface area contributed by atoms with Gasteiger partial charge in [0.25, 0.3) is 0 Å². The number of nitrogen functional groups attached to an aromatic ring is 1. The third kappa shape index (κ3) is 2.04. The lowest BCUT2D eigenvalue weighted by Crippen LogP contribution is -1.99. The molecule has 4 heteroatoms. The van der Waals surface area contributed by atoms with Crippen LogP contribution in [-0.4, -0.2) is 11.9 Å². The summed E-state index contributed by atoms with van der Waals surface area (Å²) in [6.45, 7) is 1.64. The second-order valence-electron chi connectivity index (χ2n) is 3.22. The maximum atomic E-state index is 11.2. The van der Waals surface area contributed by atoms with Gasteiger partial charge in [-0.2, -0.15) is 0 Å². The molecule has 1 aromatic rings. The minimum absolute atomic E-state index is 0.317. The number of cyclic esters (lactones) is 1. The van der Waals surface area contributed by atoms with Gasteiger partial charge in [-0.25, -0.2) is 9.79 Å². The van der Waals surface area contributed by atoms with E-state index in [2.05, 4.69) is 4.99 Å². The van der Waals surface area contributed by atoms with E-state index in [9.17, 15) is 4.79 Å². The Kier molecular flexibility index (Phi) is 2.25. The molecular weight excluding hydrogens is 192 g/mol. The highest BCUT2D eigenvalue weighted by molar-refractivity contribution is 6.06. The molecule has 0 atom stereocenters. The Morgan fingerprint density at radius 2 is 2.00 bits per heavy atom. The fourth-order valence-corrected chi connectivity index (χ4v) is 1.27. The molecule has 2 rings (SSSR count). The van der Waals surface area contributed by atoms with Crippen LogP contribution < -0.4 is 5.73 Å². The van der Waals surface area contributed by atoms with Crippen molar-refractivity contribution in [2.75, 3.05) is 5.73 Å². The molecule has 76 valence electrons. The quantitative estimate of drug-likeness (QED) is 0.427. The van der Waals surface area contributed by atoms with Crippen molar-refractivity contribution >= 4 is 23.6 Å². The van der Waals surface area contributed by atoms with E-state index in [1.165, 1.54) is 0 Å². The minimum Gasteiger partial charge on any atom is -0.407 e. The van der Waals surface area contributed by atoms with Gasteiger partial charge in [-0.1, -0.05) is 12.1 Å². The van der Waals surface area contributed by atoms with Crippen LogP contribution in [-0.2, 0) is 9.53 Å². The summed E-state index contributed by atoms with van der Waals surface area (Å²) < 4.78 is 4.79. The molecule has 0 saturated carbocycles. The van der Waals surface area contributed by atoms with E-state index >= 15 is 0 Å². The van der Waals surface area contributed by atoms with Crippen molar-refractivity contribution in [3.8, 4) is 0 Å². The summed E-state index contributed by atoms with van der Waals surface area (Å²) in [6, 6.07) is 7.17. The first-order valence-electron chi connectivity index (χ1n) is 4.50. The Balaban J connectivity index is 2.31. The van der Waals surface area contributed by atoms with Crippen LogP contribution in [0.2, 0.25) is 0 Å². The highest BCUT2D eigenvalue weighted by Gasteiger charge is 2.19. The Hall–Kier alpha value is -2.10. The van der Waals surface area contributed by atoms with Gasteiger partial charge in [-0.3, -0.25) is 0 Å². The number of carbonyl (C=O) groups excluding carboxylic acids is 1. The first-order valence-corrected chi connectivity index (χ1v) is 4.50. The fraction of sp³-hybridized carbons (Fsp3) is 0.0909. The number of nitrogens with zero attached hydrogens (tertiary/aromatic N) is 1. The van der Waals surface area contributed by atoms with Gasteiger partial charge in [-0.15, -0.1) is 0 Å². The summed E-state index contributed by atoms with van der Waals surface area (Å²) in [7, 11) is 0. The van der Waals surface area contributed by atoms with Crippen molar-refractivity contribution in [3.63, 3.8) is 0 Å². The van der Waals surface area contributed by atoms with Gasteiger partial charge >= 0.3 is 5.97 Å². The number of rotatable bonds is 1. The smallest absolute Gasteiger partial charge is 0.363 e. The van der Waals surface area contributed by atoms with Gasteiger partial charge in [0.05, 0.1) is 0 Å². The molecule has 0 aromatic heterocycles. The van der Waals surface area contributed by atoms with Crippen LogP contribution in [0.15, 0.2) is 35.0 Å². The van der Waals surface area contributed by atoms with Crippen LogP contribution in [0.5, 0.6) is 0 Å². The van der Waals surface area contributed by atoms with E-state index in [1.54, 1.807) is 25.1 Å². The maximum absolute atomic E-state index is 11.2. The standard InChI is InChI=1S/C11H10N2O2/c1-7-13-10(11(14)15-7)6-8-2-4-9(12)5-3-8/h2-6H,12H2,1H3/b10-6-. The Morgan fingerprint density at radius 1 is 1.33 bits per heavy atom. The zero-order chi connectivity index (χ0) is 10.8. The van der Waals surface area contributed by atoms with Crippen molar-refractivity contribution in [2.24, 2.45) is 4.99 Å². The fourth-order valence-electron chi connectivity index (χ4n) is 1.27. The predicted octanol–water partition coefficient (Wildman–Crippen LogP) is 1.58. The molecule has 1 aliphatic rings. The summed E-state index contributed by atoms with van der Waals surface area (Å²) in [4.78, 5) is 15.2. The lowest BCUT2D eigenvalue weighted by molar-refractivity contribution is -0.130. The normalized spacial score (nSPS) is 17.8. The zero-order valence-corrected chi connectivity index (χ0v) is 8.23. The second-order valence-corrected chi connectivity index (χ2v) is 3.22. The van der Waals surface area contributed by atoms with Gasteiger partial charge in [0, 0.05) is 12.6 Å². The van der Waals surface area contributed by atoms with Crippen LogP contribution in [0.3, 0.4) is 0 Å². The number of carbonyl (C=O) groups is 1. The van der Waals surface area contributed by atoms with E-state index in [-0.39, 0.29) is 0 Å². The molecule has 4 nitrogen and oxygen atoms in total. The van der Waals surface area contributed by atoms with E-state index in [0.29, 0.717) is 17.3 Å². The minimum atomic E-state index is -0.413. The number of ether oxygens (including phenoxy) is 1. The van der Waals surface area contributed by atoms with E-state index in [1.807, 2.05) is 12.1 Å². The largest absolute Gasteiger partial charge is 0.407 e. The summed E-state index contributed by atoms with van der Waals surface area (Å²) >= 11 is 0. The molecule has 0 saturated heterocycles. The summed E-state index contributed by atoms with van der Waals surface area (Å²) in [5.41, 5.74) is 7.42. The van der Waals surface area contributed by atoms with Crippen LogP contribution in [0.4, 0.5) is 5.69 Å². The van der Waals surface area contributed by atoms with Gasteiger partial charge in [0.1, 0.15) is 0 Å². The monoisotopic (exact) mass is 202 g/mol. The van der Waals surface area contributed by atoms with Crippen molar-refractivity contribution in [3.05, 3.63) is 35.5 Å². The van der Waals surface area contributed by atoms with Crippen LogP contribution in [0.25, 0.3) is 6.08 Å². The number of anilines is 1. The molecule has 1 heterocycles. The summed E-state index contributed by atoms with van der Waals surface area (Å²) in [6.07, 6.45) is 1.66. The Bertz CT molecular complexity index is 458. The van der Waals surface area contributed by atoms with E-state index in [0.717, 1.165) is 5.56 Å². The van der Waals surface area contributed by atoms with Crippen LogP contribution in [0, 0.1) is 0 Å². The molecule has 0 fully saturated rings. The Morgan fingerprint density at radius 3 is 2.53 bits per heavy atom. The SMILES string of the molecule is CC1=N/C(=C\c2ccc(N)cc2)C(=O)O1. The molecule has 2 N–H and O–H groups in total. The second kappa shape index (κ2) is 3.57. The van der Waals surface area contributed by atoms with Gasteiger partial charge in [0.2, 0.25) is 0 Å². The Labute approximate surface area is 87.1 Å². The maximum Gasteiger partial charge on any atom is 0.363 e. The van der Waals surface area contributed by atoms with E-state index in [4.69, 9.17) is 10.5 Å². The number of hydrogen-bond acceptors (Lipinski definition) is 4. The highest BCUT2D eigenvalue weighted by Crippen LogP contribution is 2.15. The number of aliphatic imine (C=N–C) groups is 1. The van der Waals surface area contributed by atoms with E-state index < -0.39 is 5.97 Å². The molecule has 0 spiro atoms. The molecule has 0 unspecified atom stereocenters. The van der Waals surface area contributed by atoms with Crippen molar-refractivity contribution in [2.45, 2.75) is 6.92 Å². The number of esters is 1. The highest BCUT2D eigenvalue weighted by atomic mass is 16.6. The third-order valence-corrected chi connectivity index (χ3v) is 1.97. The van der Waals surface area contributed by atoms with Crippen molar-refractivity contribution in [1.29, 1.82) is 0 Å². The number of nitrogens with two attached hydrogens (primary N) is 1. The molecule has 0 radical (unpaired) electrons. The summed E-state index contributed by atoms with van der Waals surface area (Å²) in [5.74, 6) is -0.0361. The first kappa shape index (κ1) is 9.45.